The molecule has 1 aromatic heterocycles. The molecule has 0 N–H and O–H groups in total. The smallest absolute Gasteiger partial charge is 0.226 e. The molecule has 0 aliphatic carbocycles. The summed E-state index contributed by atoms with van der Waals surface area (Å²) in [6.07, 6.45) is 4.87. The van der Waals surface area contributed by atoms with Crippen LogP contribution in [0.2, 0.25) is 0 Å². The third kappa shape index (κ3) is 3.88. The van der Waals surface area contributed by atoms with Crippen molar-refractivity contribution < 1.29 is 9.53 Å². The van der Waals surface area contributed by atoms with Gasteiger partial charge in [0.25, 0.3) is 0 Å². The van der Waals surface area contributed by atoms with Crippen LogP contribution in [0, 0.1) is 5.92 Å². The minimum absolute atomic E-state index is 0.0281. The fourth-order valence-electron chi connectivity index (χ4n) is 3.74. The summed E-state index contributed by atoms with van der Waals surface area (Å²) >= 11 is 0. The van der Waals surface area contributed by atoms with Gasteiger partial charge < -0.3 is 9.64 Å². The molecule has 4 rings (SSSR count). The quantitative estimate of drug-likeness (QED) is 0.821. The first kappa shape index (κ1) is 17.0. The van der Waals surface area contributed by atoms with Crippen molar-refractivity contribution in [3.05, 3.63) is 42.5 Å². The molecule has 26 heavy (non-hydrogen) atoms. The molecule has 0 unspecified atom stereocenters. The summed E-state index contributed by atoms with van der Waals surface area (Å²) in [6.45, 7) is 5.83. The van der Waals surface area contributed by atoms with Crippen LogP contribution in [0.25, 0.3) is 0 Å². The maximum absolute atomic E-state index is 13.0. The second kappa shape index (κ2) is 7.86. The van der Waals surface area contributed by atoms with Crippen LogP contribution in [-0.4, -0.2) is 69.8 Å². The summed E-state index contributed by atoms with van der Waals surface area (Å²) in [4.78, 5) is 21.4. The molecule has 0 saturated carbocycles. The van der Waals surface area contributed by atoms with Crippen LogP contribution in [0.5, 0.6) is 5.75 Å². The predicted molar refractivity (Wildman–Crippen MR) is 96.8 cm³/mol. The zero-order valence-electron chi connectivity index (χ0n) is 15.0. The van der Waals surface area contributed by atoms with Crippen LogP contribution in [0.15, 0.2) is 36.9 Å². The van der Waals surface area contributed by atoms with Crippen LogP contribution in [0.3, 0.4) is 0 Å². The standard InChI is InChI=1S/C19H25N5O2/c25-19(17-5-12-26-18-4-2-1-3-16(18)13-17)23-9-6-22(7-10-23)8-11-24-15-20-14-21-24/h1-4,14-15,17H,5-13H2/t17-/m0/s1. The molecule has 138 valence electrons. The summed E-state index contributed by atoms with van der Waals surface area (Å²) in [5, 5.41) is 4.13. The Morgan fingerprint density at radius 2 is 2.00 bits per heavy atom. The van der Waals surface area contributed by atoms with Crippen molar-refractivity contribution in [3.8, 4) is 5.75 Å². The number of hydrogen-bond acceptors (Lipinski definition) is 5. The number of benzene rings is 1. The third-order valence-corrected chi connectivity index (χ3v) is 5.31. The Balaban J connectivity index is 1.29. The van der Waals surface area contributed by atoms with E-state index in [9.17, 15) is 4.79 Å². The number of carbonyl (C=O) groups excluding carboxylic acids is 1. The van der Waals surface area contributed by atoms with Crippen LogP contribution in [0.1, 0.15) is 12.0 Å². The average molecular weight is 355 g/mol. The number of aromatic nitrogens is 3. The Bertz CT molecular complexity index is 725. The molecule has 2 aliphatic rings. The van der Waals surface area contributed by atoms with E-state index in [-0.39, 0.29) is 11.8 Å². The molecule has 7 heteroatoms. The van der Waals surface area contributed by atoms with Crippen LogP contribution in [-0.2, 0) is 17.8 Å². The lowest BCUT2D eigenvalue weighted by Gasteiger charge is -2.36. The summed E-state index contributed by atoms with van der Waals surface area (Å²) in [6, 6.07) is 8.07. The van der Waals surface area contributed by atoms with Gasteiger partial charge in [-0.25, -0.2) is 4.98 Å². The first-order chi connectivity index (χ1) is 12.8. The lowest BCUT2D eigenvalue weighted by atomic mass is 9.95. The Morgan fingerprint density at radius 1 is 1.15 bits per heavy atom. The summed E-state index contributed by atoms with van der Waals surface area (Å²) in [5.41, 5.74) is 1.15. The van der Waals surface area contributed by atoms with Crippen molar-refractivity contribution in [2.45, 2.75) is 19.4 Å². The van der Waals surface area contributed by atoms with Gasteiger partial charge in [0, 0.05) is 38.6 Å². The number of ether oxygens (including phenoxy) is 1. The third-order valence-electron chi connectivity index (χ3n) is 5.31. The summed E-state index contributed by atoms with van der Waals surface area (Å²) in [7, 11) is 0. The molecule has 1 amide bonds. The van der Waals surface area contributed by atoms with E-state index in [4.69, 9.17) is 4.74 Å². The zero-order chi connectivity index (χ0) is 17.8. The number of nitrogens with zero attached hydrogens (tertiary/aromatic N) is 5. The SMILES string of the molecule is O=C([C@H]1CCOc2ccccc2C1)N1CCN(CCn2cncn2)CC1. The number of para-hydroxylation sites is 1. The van der Waals surface area contributed by atoms with Crippen LogP contribution < -0.4 is 4.74 Å². The molecular weight excluding hydrogens is 330 g/mol. The van der Waals surface area contributed by atoms with Gasteiger partial charge in [-0.05, 0) is 24.5 Å². The number of carbonyl (C=O) groups is 1. The van der Waals surface area contributed by atoms with Crippen LogP contribution in [0.4, 0.5) is 0 Å². The fraction of sp³-hybridized carbons (Fsp3) is 0.526. The minimum atomic E-state index is 0.0281. The molecule has 1 fully saturated rings. The average Bonchev–Trinajstić information content (AvgIpc) is 3.11. The van der Waals surface area contributed by atoms with Crippen molar-refractivity contribution >= 4 is 5.91 Å². The lowest BCUT2D eigenvalue weighted by molar-refractivity contribution is -0.137. The lowest BCUT2D eigenvalue weighted by Crippen LogP contribution is -2.51. The molecule has 0 radical (unpaired) electrons. The van der Waals surface area contributed by atoms with Gasteiger partial charge >= 0.3 is 0 Å². The number of rotatable bonds is 4. The molecule has 1 atom stereocenters. The second-order valence-corrected chi connectivity index (χ2v) is 6.97. The van der Waals surface area contributed by atoms with Gasteiger partial charge in [-0.1, -0.05) is 18.2 Å². The highest BCUT2D eigenvalue weighted by atomic mass is 16.5. The van der Waals surface area contributed by atoms with Gasteiger partial charge in [-0.2, -0.15) is 5.10 Å². The summed E-state index contributed by atoms with van der Waals surface area (Å²) in [5.74, 6) is 1.24. The zero-order valence-corrected chi connectivity index (χ0v) is 15.0. The van der Waals surface area contributed by atoms with E-state index < -0.39 is 0 Å². The Morgan fingerprint density at radius 3 is 2.81 bits per heavy atom. The highest BCUT2D eigenvalue weighted by Gasteiger charge is 2.29. The molecule has 2 aromatic rings. The van der Waals surface area contributed by atoms with Gasteiger partial charge in [-0.3, -0.25) is 14.4 Å². The highest BCUT2D eigenvalue weighted by molar-refractivity contribution is 5.79. The Labute approximate surface area is 153 Å². The maximum Gasteiger partial charge on any atom is 0.226 e. The maximum atomic E-state index is 13.0. The van der Waals surface area contributed by atoms with Crippen LogP contribution >= 0.6 is 0 Å². The number of piperazine rings is 1. The second-order valence-electron chi connectivity index (χ2n) is 6.97. The van der Waals surface area contributed by atoms with E-state index in [2.05, 4.69) is 21.0 Å². The minimum Gasteiger partial charge on any atom is -0.493 e. The van der Waals surface area contributed by atoms with E-state index in [0.717, 1.165) is 63.4 Å². The molecule has 2 aliphatic heterocycles. The topological polar surface area (TPSA) is 63.5 Å². The molecule has 0 bridgehead atoms. The van der Waals surface area contributed by atoms with E-state index in [1.807, 2.05) is 27.8 Å². The monoisotopic (exact) mass is 355 g/mol. The van der Waals surface area contributed by atoms with E-state index in [0.29, 0.717) is 6.61 Å². The van der Waals surface area contributed by atoms with Gasteiger partial charge in [0.05, 0.1) is 13.2 Å². The number of hydrogen-bond donors (Lipinski definition) is 0. The van der Waals surface area contributed by atoms with Crippen molar-refractivity contribution in [2.24, 2.45) is 5.92 Å². The normalized spacial score (nSPS) is 20.9. The van der Waals surface area contributed by atoms with Gasteiger partial charge in [0.15, 0.2) is 0 Å². The fourth-order valence-corrected chi connectivity index (χ4v) is 3.74. The van der Waals surface area contributed by atoms with E-state index >= 15 is 0 Å². The predicted octanol–water partition coefficient (Wildman–Crippen LogP) is 1.06. The van der Waals surface area contributed by atoms with Crippen molar-refractivity contribution in [3.63, 3.8) is 0 Å². The van der Waals surface area contributed by atoms with Crippen molar-refractivity contribution in [1.29, 1.82) is 0 Å². The van der Waals surface area contributed by atoms with Crippen molar-refractivity contribution in [2.75, 3.05) is 39.3 Å². The number of amides is 1. The molecule has 0 spiro atoms. The van der Waals surface area contributed by atoms with Gasteiger partial charge in [0.2, 0.25) is 5.91 Å². The van der Waals surface area contributed by atoms with E-state index in [1.165, 1.54) is 0 Å². The molecule has 1 aromatic carbocycles. The first-order valence-electron chi connectivity index (χ1n) is 9.34. The Hall–Kier alpha value is -2.41. The number of fused-ring (bicyclic) bond motifs is 1. The molecular formula is C19H25N5O2. The highest BCUT2D eigenvalue weighted by Crippen LogP contribution is 2.27. The summed E-state index contributed by atoms with van der Waals surface area (Å²) < 4.78 is 7.66. The Kier molecular flexibility index (Phi) is 5.15. The first-order valence-corrected chi connectivity index (χ1v) is 9.34. The molecule has 1 saturated heterocycles. The van der Waals surface area contributed by atoms with Gasteiger partial charge in [-0.15, -0.1) is 0 Å². The van der Waals surface area contributed by atoms with Gasteiger partial charge in [0.1, 0.15) is 18.4 Å². The van der Waals surface area contributed by atoms with E-state index in [1.54, 1.807) is 12.7 Å². The molecule has 3 heterocycles. The largest absolute Gasteiger partial charge is 0.493 e. The molecule has 7 nitrogen and oxygen atoms in total. The van der Waals surface area contributed by atoms with Crippen molar-refractivity contribution in [1.82, 2.24) is 24.6 Å².